The van der Waals surface area contributed by atoms with Gasteiger partial charge in [-0.3, -0.25) is 4.98 Å². The highest BCUT2D eigenvalue weighted by molar-refractivity contribution is 6.30. The Balaban J connectivity index is 2.31. The molecular formula is C15H12ClN3. The van der Waals surface area contributed by atoms with Gasteiger partial charge in [0, 0.05) is 28.4 Å². The van der Waals surface area contributed by atoms with Crippen LogP contribution < -0.4 is 0 Å². The molecule has 0 unspecified atom stereocenters. The van der Waals surface area contributed by atoms with Gasteiger partial charge in [0.05, 0.1) is 5.52 Å². The number of hydrogen-bond acceptors (Lipinski definition) is 3. The predicted molar refractivity (Wildman–Crippen MR) is 77.3 cm³/mol. The van der Waals surface area contributed by atoms with Crippen molar-refractivity contribution in [2.75, 3.05) is 0 Å². The van der Waals surface area contributed by atoms with Crippen LogP contribution in [0, 0.1) is 13.8 Å². The molecule has 2 aromatic heterocycles. The zero-order valence-corrected chi connectivity index (χ0v) is 11.4. The summed E-state index contributed by atoms with van der Waals surface area (Å²) in [5.74, 6) is 0.623. The van der Waals surface area contributed by atoms with E-state index >= 15 is 0 Å². The summed E-state index contributed by atoms with van der Waals surface area (Å²) in [5.41, 5.74) is 3.61. The van der Waals surface area contributed by atoms with Crippen molar-refractivity contribution in [3.05, 3.63) is 52.9 Å². The third kappa shape index (κ3) is 2.06. The molecule has 19 heavy (non-hydrogen) atoms. The fraction of sp³-hybridized carbons (Fsp3) is 0.133. The van der Waals surface area contributed by atoms with Crippen LogP contribution in [0.25, 0.3) is 22.3 Å². The summed E-state index contributed by atoms with van der Waals surface area (Å²) in [4.78, 5) is 13.3. The summed E-state index contributed by atoms with van der Waals surface area (Å²) in [7, 11) is 0. The highest BCUT2D eigenvalue weighted by Crippen LogP contribution is 2.26. The fourth-order valence-corrected chi connectivity index (χ4v) is 2.22. The number of fused-ring (bicyclic) bond motifs is 1. The van der Waals surface area contributed by atoms with Crippen LogP contribution in [0.1, 0.15) is 11.3 Å². The van der Waals surface area contributed by atoms with Crippen molar-refractivity contribution in [1.82, 2.24) is 15.0 Å². The van der Waals surface area contributed by atoms with Gasteiger partial charge in [0.25, 0.3) is 0 Å². The number of nitrogens with zero attached hydrogens (tertiary/aromatic N) is 3. The number of benzene rings is 1. The van der Waals surface area contributed by atoms with Gasteiger partial charge in [-0.2, -0.15) is 0 Å². The van der Waals surface area contributed by atoms with Crippen molar-refractivity contribution in [2.24, 2.45) is 0 Å². The minimum absolute atomic E-state index is 0.496. The van der Waals surface area contributed by atoms with Gasteiger partial charge in [-0.15, -0.1) is 0 Å². The molecule has 4 heteroatoms. The number of pyridine rings is 1. The maximum atomic E-state index is 6.15. The van der Waals surface area contributed by atoms with Crippen LogP contribution in [0.5, 0.6) is 0 Å². The summed E-state index contributed by atoms with van der Waals surface area (Å²) in [5, 5.41) is 1.56. The van der Waals surface area contributed by atoms with Gasteiger partial charge < -0.3 is 0 Å². The Morgan fingerprint density at radius 3 is 2.58 bits per heavy atom. The Bertz CT molecular complexity index is 740. The lowest BCUT2D eigenvalue weighted by Crippen LogP contribution is -1.97. The first-order valence-corrected chi connectivity index (χ1v) is 6.39. The maximum absolute atomic E-state index is 6.15. The second-order valence-electron chi connectivity index (χ2n) is 4.43. The number of halogens is 1. The summed E-state index contributed by atoms with van der Waals surface area (Å²) in [6.45, 7) is 3.85. The molecule has 0 bridgehead atoms. The Labute approximate surface area is 116 Å². The molecule has 0 aliphatic rings. The highest BCUT2D eigenvalue weighted by atomic mass is 35.5. The average Bonchev–Trinajstić information content (AvgIpc) is 2.43. The molecule has 0 saturated heterocycles. The van der Waals surface area contributed by atoms with E-state index in [2.05, 4.69) is 15.0 Å². The van der Waals surface area contributed by atoms with Gasteiger partial charge in [0.2, 0.25) is 0 Å². The quantitative estimate of drug-likeness (QED) is 0.628. The second kappa shape index (κ2) is 4.59. The van der Waals surface area contributed by atoms with Gasteiger partial charge in [-0.1, -0.05) is 29.8 Å². The van der Waals surface area contributed by atoms with Gasteiger partial charge in [-0.25, -0.2) is 9.97 Å². The van der Waals surface area contributed by atoms with E-state index in [0.717, 1.165) is 27.7 Å². The van der Waals surface area contributed by atoms with Gasteiger partial charge in [-0.05, 0) is 26.0 Å². The standard InChI is InChI=1S/C15H12ClN3/c1-9-10(2)18-15(19-14(9)16)12-7-3-5-11-6-4-8-17-13(11)12/h3-8H,1-2H3. The van der Waals surface area contributed by atoms with E-state index < -0.39 is 0 Å². The first-order valence-electron chi connectivity index (χ1n) is 6.01. The van der Waals surface area contributed by atoms with Crippen molar-refractivity contribution < 1.29 is 0 Å². The van der Waals surface area contributed by atoms with Crippen molar-refractivity contribution in [1.29, 1.82) is 0 Å². The summed E-state index contributed by atoms with van der Waals surface area (Å²) < 4.78 is 0. The average molecular weight is 270 g/mol. The molecule has 0 saturated carbocycles. The van der Waals surface area contributed by atoms with E-state index in [1.54, 1.807) is 6.20 Å². The monoisotopic (exact) mass is 269 g/mol. The third-order valence-corrected chi connectivity index (χ3v) is 3.57. The Kier molecular flexibility index (Phi) is 2.91. The molecule has 3 nitrogen and oxygen atoms in total. The summed E-state index contributed by atoms with van der Waals surface area (Å²) in [6.07, 6.45) is 1.77. The number of hydrogen-bond donors (Lipinski definition) is 0. The van der Waals surface area contributed by atoms with E-state index in [1.165, 1.54) is 0 Å². The molecule has 0 aliphatic heterocycles. The van der Waals surface area contributed by atoms with Gasteiger partial charge in [0.15, 0.2) is 5.82 Å². The molecule has 2 heterocycles. The van der Waals surface area contributed by atoms with E-state index in [4.69, 9.17) is 11.6 Å². The van der Waals surface area contributed by atoms with Crippen LogP contribution in [0.15, 0.2) is 36.5 Å². The van der Waals surface area contributed by atoms with Gasteiger partial charge in [0.1, 0.15) is 5.15 Å². The smallest absolute Gasteiger partial charge is 0.163 e. The normalized spacial score (nSPS) is 10.9. The third-order valence-electron chi connectivity index (χ3n) is 3.20. The minimum Gasteiger partial charge on any atom is -0.255 e. The zero-order chi connectivity index (χ0) is 13.4. The molecule has 3 rings (SSSR count). The maximum Gasteiger partial charge on any atom is 0.163 e. The fourth-order valence-electron chi connectivity index (χ4n) is 2.00. The van der Waals surface area contributed by atoms with Crippen LogP contribution in [0.4, 0.5) is 0 Å². The lowest BCUT2D eigenvalue weighted by atomic mass is 10.1. The SMILES string of the molecule is Cc1nc(-c2cccc3cccnc23)nc(Cl)c1C. The molecule has 1 aromatic carbocycles. The molecule has 0 radical (unpaired) electrons. The van der Waals surface area contributed by atoms with E-state index in [0.29, 0.717) is 11.0 Å². The second-order valence-corrected chi connectivity index (χ2v) is 4.79. The van der Waals surface area contributed by atoms with Gasteiger partial charge >= 0.3 is 0 Å². The van der Waals surface area contributed by atoms with Crippen LogP contribution in [0.3, 0.4) is 0 Å². The Morgan fingerprint density at radius 2 is 1.79 bits per heavy atom. The van der Waals surface area contributed by atoms with Crippen LogP contribution in [-0.4, -0.2) is 15.0 Å². The summed E-state index contributed by atoms with van der Waals surface area (Å²) >= 11 is 6.15. The number of rotatable bonds is 1. The summed E-state index contributed by atoms with van der Waals surface area (Å²) in [6, 6.07) is 9.91. The topological polar surface area (TPSA) is 38.7 Å². The van der Waals surface area contributed by atoms with Crippen LogP contribution >= 0.6 is 11.6 Å². The number of para-hydroxylation sites is 1. The molecule has 3 aromatic rings. The molecule has 94 valence electrons. The molecule has 0 N–H and O–H groups in total. The zero-order valence-electron chi connectivity index (χ0n) is 10.7. The van der Waals surface area contributed by atoms with E-state index in [9.17, 15) is 0 Å². The first kappa shape index (κ1) is 12.1. The van der Waals surface area contributed by atoms with Crippen molar-refractivity contribution in [3.63, 3.8) is 0 Å². The molecule has 0 aliphatic carbocycles. The van der Waals surface area contributed by atoms with Crippen molar-refractivity contribution in [3.8, 4) is 11.4 Å². The van der Waals surface area contributed by atoms with E-state index in [1.807, 2.05) is 44.2 Å². The highest BCUT2D eigenvalue weighted by Gasteiger charge is 2.11. The Hall–Kier alpha value is -2.00. The molecule has 0 atom stereocenters. The number of aromatic nitrogens is 3. The predicted octanol–water partition coefficient (Wildman–Crippen LogP) is 3.96. The minimum atomic E-state index is 0.496. The van der Waals surface area contributed by atoms with Crippen molar-refractivity contribution >= 4 is 22.5 Å². The molecule has 0 amide bonds. The molecular weight excluding hydrogens is 258 g/mol. The molecule has 0 fully saturated rings. The largest absolute Gasteiger partial charge is 0.255 e. The van der Waals surface area contributed by atoms with Crippen LogP contribution in [-0.2, 0) is 0 Å². The Morgan fingerprint density at radius 1 is 1.00 bits per heavy atom. The first-order chi connectivity index (χ1) is 9.16. The van der Waals surface area contributed by atoms with Crippen LogP contribution in [0.2, 0.25) is 5.15 Å². The van der Waals surface area contributed by atoms with Crippen molar-refractivity contribution in [2.45, 2.75) is 13.8 Å². The number of aryl methyl sites for hydroxylation is 1. The molecule has 0 spiro atoms. The lowest BCUT2D eigenvalue weighted by molar-refractivity contribution is 1.07. The van der Waals surface area contributed by atoms with E-state index in [-0.39, 0.29) is 0 Å². The lowest BCUT2D eigenvalue weighted by Gasteiger charge is -2.08.